The molecular formula is C18H25N3O2S. The van der Waals surface area contributed by atoms with Gasteiger partial charge in [0.05, 0.1) is 11.6 Å². The van der Waals surface area contributed by atoms with Gasteiger partial charge in [-0.15, -0.1) is 0 Å². The van der Waals surface area contributed by atoms with E-state index in [9.17, 15) is 4.79 Å². The van der Waals surface area contributed by atoms with E-state index in [1.807, 2.05) is 71.0 Å². The van der Waals surface area contributed by atoms with Gasteiger partial charge in [0.1, 0.15) is 5.60 Å². The average molecular weight is 347 g/mol. The number of rotatable bonds is 3. The third-order valence-corrected chi connectivity index (χ3v) is 3.85. The predicted octanol–water partition coefficient (Wildman–Crippen LogP) is 2.89. The van der Waals surface area contributed by atoms with Crippen LogP contribution in [-0.4, -0.2) is 30.8 Å². The van der Waals surface area contributed by atoms with Crippen molar-refractivity contribution >= 4 is 29.0 Å². The Morgan fingerprint density at radius 1 is 1.21 bits per heavy atom. The van der Waals surface area contributed by atoms with E-state index in [0.29, 0.717) is 10.7 Å². The fourth-order valence-corrected chi connectivity index (χ4v) is 2.78. The van der Waals surface area contributed by atoms with Crippen LogP contribution in [0.5, 0.6) is 0 Å². The SMILES string of the molecule is CC1=C(C(=O)OC(C)(C)C)[C@@H](c2ccc(N(C)C)cc2)NC(=S)N1. The van der Waals surface area contributed by atoms with Crippen LogP contribution >= 0.6 is 12.2 Å². The summed E-state index contributed by atoms with van der Waals surface area (Å²) < 4.78 is 5.57. The minimum atomic E-state index is -0.554. The molecule has 0 aliphatic carbocycles. The maximum Gasteiger partial charge on any atom is 0.338 e. The molecule has 0 fully saturated rings. The smallest absolute Gasteiger partial charge is 0.338 e. The number of carbonyl (C=O) groups is 1. The number of carbonyl (C=O) groups excluding carboxylic acids is 1. The van der Waals surface area contributed by atoms with Crippen molar-refractivity contribution in [1.82, 2.24) is 10.6 Å². The number of hydrogen-bond donors (Lipinski definition) is 2. The third kappa shape index (κ3) is 4.26. The van der Waals surface area contributed by atoms with Crippen molar-refractivity contribution in [3.63, 3.8) is 0 Å². The maximum absolute atomic E-state index is 12.7. The Balaban J connectivity index is 2.39. The number of esters is 1. The zero-order valence-electron chi connectivity index (χ0n) is 15.1. The van der Waals surface area contributed by atoms with E-state index in [4.69, 9.17) is 17.0 Å². The molecule has 1 aliphatic heterocycles. The van der Waals surface area contributed by atoms with Crippen LogP contribution in [0.1, 0.15) is 39.3 Å². The minimum absolute atomic E-state index is 0.329. The number of anilines is 1. The summed E-state index contributed by atoms with van der Waals surface area (Å²) in [5, 5.41) is 6.69. The number of allylic oxidation sites excluding steroid dienone is 1. The van der Waals surface area contributed by atoms with Gasteiger partial charge in [-0.1, -0.05) is 12.1 Å². The summed E-state index contributed by atoms with van der Waals surface area (Å²) in [7, 11) is 3.98. The van der Waals surface area contributed by atoms with Crippen LogP contribution < -0.4 is 15.5 Å². The van der Waals surface area contributed by atoms with Gasteiger partial charge in [-0.25, -0.2) is 4.79 Å². The molecule has 0 unspecified atom stereocenters. The van der Waals surface area contributed by atoms with E-state index < -0.39 is 5.60 Å². The molecule has 0 saturated heterocycles. The van der Waals surface area contributed by atoms with E-state index in [-0.39, 0.29) is 12.0 Å². The van der Waals surface area contributed by atoms with Gasteiger partial charge in [0.15, 0.2) is 5.11 Å². The zero-order valence-corrected chi connectivity index (χ0v) is 15.9. The highest BCUT2D eigenvalue weighted by molar-refractivity contribution is 7.80. The quantitative estimate of drug-likeness (QED) is 0.648. The normalized spacial score (nSPS) is 17.9. The second-order valence-corrected chi connectivity index (χ2v) is 7.47. The summed E-state index contributed by atoms with van der Waals surface area (Å²) in [4.78, 5) is 14.7. The molecule has 1 aliphatic rings. The van der Waals surface area contributed by atoms with Gasteiger partial charge in [-0.2, -0.15) is 0 Å². The van der Waals surface area contributed by atoms with E-state index in [1.165, 1.54) is 0 Å². The topological polar surface area (TPSA) is 53.6 Å². The van der Waals surface area contributed by atoms with Crippen LogP contribution in [0.2, 0.25) is 0 Å². The van der Waals surface area contributed by atoms with Gasteiger partial charge in [0.25, 0.3) is 0 Å². The standard InChI is InChI=1S/C18H25N3O2S/c1-11-14(16(22)23-18(2,3)4)15(20-17(24)19-11)12-7-9-13(10-8-12)21(5)6/h7-10,15H,1-6H3,(H2,19,20,24)/t15-/m1/s1. The Labute approximate surface area is 149 Å². The lowest BCUT2D eigenvalue weighted by Crippen LogP contribution is -2.45. The summed E-state index contributed by atoms with van der Waals surface area (Å²) in [6.07, 6.45) is 0. The molecule has 130 valence electrons. The van der Waals surface area contributed by atoms with Crippen LogP contribution in [0.3, 0.4) is 0 Å². The number of hydrogen-bond acceptors (Lipinski definition) is 4. The fraction of sp³-hybridized carbons (Fsp3) is 0.444. The molecule has 0 radical (unpaired) electrons. The molecule has 0 spiro atoms. The highest BCUT2D eigenvalue weighted by Crippen LogP contribution is 2.30. The van der Waals surface area contributed by atoms with Crippen LogP contribution in [0.4, 0.5) is 5.69 Å². The molecule has 0 saturated carbocycles. The van der Waals surface area contributed by atoms with Crippen molar-refractivity contribution < 1.29 is 9.53 Å². The second-order valence-electron chi connectivity index (χ2n) is 7.06. The Bertz CT molecular complexity index is 672. The molecular weight excluding hydrogens is 322 g/mol. The van der Waals surface area contributed by atoms with E-state index in [0.717, 1.165) is 16.9 Å². The molecule has 1 atom stereocenters. The molecule has 1 aromatic carbocycles. The van der Waals surface area contributed by atoms with E-state index in [1.54, 1.807) is 0 Å². The van der Waals surface area contributed by atoms with Crippen molar-refractivity contribution in [2.45, 2.75) is 39.3 Å². The van der Waals surface area contributed by atoms with Gasteiger partial charge in [-0.3, -0.25) is 0 Å². The van der Waals surface area contributed by atoms with Crippen LogP contribution in [-0.2, 0) is 9.53 Å². The number of ether oxygens (including phenoxy) is 1. The molecule has 6 heteroatoms. The van der Waals surface area contributed by atoms with Crippen LogP contribution in [0, 0.1) is 0 Å². The molecule has 1 aromatic rings. The first-order valence-corrected chi connectivity index (χ1v) is 8.28. The predicted molar refractivity (Wildman–Crippen MR) is 101 cm³/mol. The fourth-order valence-electron chi connectivity index (χ4n) is 2.51. The number of nitrogens with one attached hydrogen (secondary N) is 2. The Hall–Kier alpha value is -2.08. The summed E-state index contributed by atoms with van der Waals surface area (Å²) in [5.74, 6) is -0.343. The second kappa shape index (κ2) is 6.81. The lowest BCUT2D eigenvalue weighted by atomic mass is 9.95. The molecule has 1 heterocycles. The molecule has 0 amide bonds. The van der Waals surface area contributed by atoms with Crippen molar-refractivity contribution in [1.29, 1.82) is 0 Å². The Kier molecular flexibility index (Phi) is 5.18. The van der Waals surface area contributed by atoms with Crippen molar-refractivity contribution in [2.75, 3.05) is 19.0 Å². The minimum Gasteiger partial charge on any atom is -0.456 e. The molecule has 2 rings (SSSR count). The first-order chi connectivity index (χ1) is 11.1. The highest BCUT2D eigenvalue weighted by Gasteiger charge is 2.32. The van der Waals surface area contributed by atoms with Crippen LogP contribution in [0.25, 0.3) is 0 Å². The molecule has 24 heavy (non-hydrogen) atoms. The van der Waals surface area contributed by atoms with Crippen molar-refractivity contribution in [3.05, 3.63) is 41.1 Å². The Morgan fingerprint density at radius 2 is 1.79 bits per heavy atom. The van der Waals surface area contributed by atoms with Gasteiger partial charge in [-0.05, 0) is 57.6 Å². The summed E-state index contributed by atoms with van der Waals surface area (Å²) in [6, 6.07) is 7.70. The zero-order chi connectivity index (χ0) is 18.1. The molecule has 5 nitrogen and oxygen atoms in total. The number of thiocarbonyl (C=S) groups is 1. The molecule has 2 N–H and O–H groups in total. The van der Waals surface area contributed by atoms with Crippen molar-refractivity contribution in [3.8, 4) is 0 Å². The van der Waals surface area contributed by atoms with Crippen LogP contribution in [0.15, 0.2) is 35.5 Å². The molecule has 0 aromatic heterocycles. The first-order valence-electron chi connectivity index (χ1n) is 7.87. The van der Waals surface area contributed by atoms with Gasteiger partial charge < -0.3 is 20.3 Å². The maximum atomic E-state index is 12.7. The van der Waals surface area contributed by atoms with E-state index >= 15 is 0 Å². The van der Waals surface area contributed by atoms with E-state index in [2.05, 4.69) is 10.6 Å². The summed E-state index contributed by atoms with van der Waals surface area (Å²) >= 11 is 5.26. The lowest BCUT2D eigenvalue weighted by molar-refractivity contribution is -0.150. The number of benzene rings is 1. The van der Waals surface area contributed by atoms with Gasteiger partial charge >= 0.3 is 5.97 Å². The molecule has 0 bridgehead atoms. The highest BCUT2D eigenvalue weighted by atomic mass is 32.1. The first kappa shape index (κ1) is 18.3. The largest absolute Gasteiger partial charge is 0.456 e. The average Bonchev–Trinajstić information content (AvgIpc) is 2.44. The van der Waals surface area contributed by atoms with Crippen molar-refractivity contribution in [2.24, 2.45) is 0 Å². The summed E-state index contributed by atoms with van der Waals surface area (Å²) in [5.41, 5.74) is 2.77. The van der Waals surface area contributed by atoms with Gasteiger partial charge in [0, 0.05) is 25.5 Å². The monoisotopic (exact) mass is 347 g/mol. The number of nitrogens with zero attached hydrogens (tertiary/aromatic N) is 1. The lowest BCUT2D eigenvalue weighted by Gasteiger charge is -2.31. The van der Waals surface area contributed by atoms with Gasteiger partial charge in [0.2, 0.25) is 0 Å². The summed E-state index contributed by atoms with van der Waals surface area (Å²) in [6.45, 7) is 7.41. The third-order valence-electron chi connectivity index (χ3n) is 3.63. The Morgan fingerprint density at radius 3 is 2.29 bits per heavy atom.